The van der Waals surface area contributed by atoms with Crippen LogP contribution < -0.4 is 10.6 Å². The number of rotatable bonds is 6. The van der Waals surface area contributed by atoms with Crippen molar-refractivity contribution in [3.63, 3.8) is 0 Å². The quantitative estimate of drug-likeness (QED) is 0.305. The molecule has 0 bridgehead atoms. The molecule has 5 rings (SSSR count). The van der Waals surface area contributed by atoms with Crippen molar-refractivity contribution in [2.45, 2.75) is 13.0 Å². The number of anilines is 2. The molecule has 1 aromatic carbocycles. The van der Waals surface area contributed by atoms with Gasteiger partial charge in [0.05, 0.1) is 36.1 Å². The first-order valence-electron chi connectivity index (χ1n) is 10.5. The number of urea groups is 1. The van der Waals surface area contributed by atoms with E-state index < -0.39 is 29.5 Å². The van der Waals surface area contributed by atoms with Gasteiger partial charge in [-0.05, 0) is 19.1 Å². The van der Waals surface area contributed by atoms with Gasteiger partial charge in [0, 0.05) is 42.4 Å². The largest absolute Gasteiger partial charge is 0.375 e. The lowest BCUT2D eigenvalue weighted by atomic mass is 10.2. The predicted octanol–water partition coefficient (Wildman–Crippen LogP) is 4.59. The lowest BCUT2D eigenvalue weighted by Gasteiger charge is -2.17. The first-order chi connectivity index (χ1) is 17.3. The highest BCUT2D eigenvalue weighted by Gasteiger charge is 2.20. The van der Waals surface area contributed by atoms with Crippen molar-refractivity contribution in [2.24, 2.45) is 0 Å². The highest BCUT2D eigenvalue weighted by atomic mass is 35.5. The molecule has 0 aliphatic heterocycles. The zero-order valence-electron chi connectivity index (χ0n) is 18.8. The van der Waals surface area contributed by atoms with Gasteiger partial charge < -0.3 is 15.4 Å². The fourth-order valence-electron chi connectivity index (χ4n) is 3.67. The molecule has 184 valence electrons. The molecule has 0 aliphatic rings. The second-order valence-corrected chi connectivity index (χ2v) is 8.09. The van der Waals surface area contributed by atoms with Gasteiger partial charge in [-0.25, -0.2) is 27.8 Å². The van der Waals surface area contributed by atoms with Gasteiger partial charge in [0.15, 0.2) is 22.4 Å². The standard InChI is InChI=1S/C22H18ClF2N9O2/c1-11(36-2)20-17(9-26-19-5-18(23)32-34(19)20)31-22(35)30-14-3-15(24)21(16(25)4-14)33-10-13(8-29-33)12-6-27-28-7-12/h3-11H,1-2H3,(H,27,28)(H2,30,31,35)/t11-/m0/s1. The minimum absolute atomic E-state index is 0.106. The zero-order chi connectivity index (χ0) is 25.4. The van der Waals surface area contributed by atoms with E-state index in [-0.39, 0.29) is 16.5 Å². The zero-order valence-corrected chi connectivity index (χ0v) is 19.6. The Balaban J connectivity index is 1.38. The molecule has 5 aromatic rings. The van der Waals surface area contributed by atoms with Crippen molar-refractivity contribution >= 4 is 34.7 Å². The van der Waals surface area contributed by atoms with Gasteiger partial charge in [-0.1, -0.05) is 11.6 Å². The van der Waals surface area contributed by atoms with Crippen LogP contribution >= 0.6 is 11.6 Å². The number of methoxy groups -OCH3 is 1. The number of amides is 2. The second kappa shape index (κ2) is 9.36. The molecule has 36 heavy (non-hydrogen) atoms. The number of nitrogens with zero attached hydrogens (tertiary/aromatic N) is 6. The Morgan fingerprint density at radius 3 is 2.61 bits per heavy atom. The van der Waals surface area contributed by atoms with Crippen LogP contribution in [0.3, 0.4) is 0 Å². The van der Waals surface area contributed by atoms with Crippen molar-refractivity contribution in [3.05, 3.63) is 71.7 Å². The Bertz CT molecular complexity index is 1540. The maximum absolute atomic E-state index is 14.9. The first-order valence-corrected chi connectivity index (χ1v) is 10.9. The predicted molar refractivity (Wildman–Crippen MR) is 127 cm³/mol. The maximum Gasteiger partial charge on any atom is 0.323 e. The Labute approximate surface area is 207 Å². The van der Waals surface area contributed by atoms with Crippen LogP contribution in [-0.4, -0.2) is 47.7 Å². The van der Waals surface area contributed by atoms with Crippen LogP contribution in [0.5, 0.6) is 0 Å². The Kier molecular flexibility index (Phi) is 6.08. The van der Waals surface area contributed by atoms with E-state index in [4.69, 9.17) is 16.3 Å². The monoisotopic (exact) mass is 513 g/mol. The highest BCUT2D eigenvalue weighted by Crippen LogP contribution is 2.28. The summed E-state index contributed by atoms with van der Waals surface area (Å²) >= 11 is 5.99. The van der Waals surface area contributed by atoms with Gasteiger partial charge >= 0.3 is 6.03 Å². The maximum atomic E-state index is 14.9. The van der Waals surface area contributed by atoms with Crippen LogP contribution in [0.25, 0.3) is 22.5 Å². The molecular weight excluding hydrogens is 496 g/mol. The van der Waals surface area contributed by atoms with Gasteiger partial charge in [-0.3, -0.25) is 5.10 Å². The summed E-state index contributed by atoms with van der Waals surface area (Å²) in [7, 11) is 1.50. The molecule has 0 aliphatic carbocycles. The molecule has 14 heteroatoms. The highest BCUT2D eigenvalue weighted by molar-refractivity contribution is 6.29. The van der Waals surface area contributed by atoms with Crippen LogP contribution in [0.1, 0.15) is 18.7 Å². The summed E-state index contributed by atoms with van der Waals surface area (Å²) in [5, 5.41) is 20.0. The molecule has 0 saturated heterocycles. The van der Waals surface area contributed by atoms with E-state index in [2.05, 4.69) is 36.0 Å². The van der Waals surface area contributed by atoms with E-state index in [1.807, 2.05) is 0 Å². The van der Waals surface area contributed by atoms with Crippen LogP contribution in [0, 0.1) is 11.6 Å². The number of carbonyl (C=O) groups excluding carboxylic acids is 1. The number of fused-ring (bicyclic) bond motifs is 1. The molecule has 1 atom stereocenters. The number of ether oxygens (including phenoxy) is 1. The van der Waals surface area contributed by atoms with Crippen LogP contribution in [0.4, 0.5) is 25.0 Å². The normalized spacial score (nSPS) is 12.1. The topological polar surface area (TPSA) is 127 Å². The van der Waals surface area contributed by atoms with Gasteiger partial charge in [0.1, 0.15) is 5.69 Å². The molecule has 0 saturated carbocycles. The first kappa shape index (κ1) is 23.4. The summed E-state index contributed by atoms with van der Waals surface area (Å²) in [5.74, 6) is -1.84. The van der Waals surface area contributed by atoms with E-state index in [0.29, 0.717) is 22.5 Å². The summed E-state index contributed by atoms with van der Waals surface area (Å²) in [4.78, 5) is 16.9. The summed E-state index contributed by atoms with van der Waals surface area (Å²) in [6.45, 7) is 1.75. The van der Waals surface area contributed by atoms with E-state index >= 15 is 0 Å². The SMILES string of the molecule is CO[C@@H](C)c1c(NC(=O)Nc2cc(F)c(-n3cc(-c4cn[nH]c4)cn3)c(F)c2)cnc2cc(Cl)nn12. The second-order valence-electron chi connectivity index (χ2n) is 7.70. The summed E-state index contributed by atoms with van der Waals surface area (Å²) < 4.78 is 37.7. The molecule has 2 amide bonds. The molecule has 4 aromatic heterocycles. The van der Waals surface area contributed by atoms with Crippen LogP contribution in [-0.2, 0) is 4.74 Å². The van der Waals surface area contributed by atoms with Crippen molar-refractivity contribution in [1.29, 1.82) is 0 Å². The summed E-state index contributed by atoms with van der Waals surface area (Å²) in [6.07, 6.45) is 7.04. The number of H-pyrrole nitrogens is 1. The van der Waals surface area contributed by atoms with Gasteiger partial charge in [-0.15, -0.1) is 0 Å². The number of halogens is 3. The fraction of sp³-hybridized carbons (Fsp3) is 0.136. The van der Waals surface area contributed by atoms with E-state index in [9.17, 15) is 13.6 Å². The minimum Gasteiger partial charge on any atom is -0.375 e. The van der Waals surface area contributed by atoms with Gasteiger partial charge in [0.25, 0.3) is 0 Å². The average molecular weight is 514 g/mol. The molecule has 4 heterocycles. The lowest BCUT2D eigenvalue weighted by Crippen LogP contribution is -2.22. The molecule has 0 spiro atoms. The number of carbonyl (C=O) groups is 1. The van der Waals surface area contributed by atoms with Crippen LogP contribution in [0.2, 0.25) is 5.15 Å². The lowest BCUT2D eigenvalue weighted by molar-refractivity contribution is 0.114. The summed E-state index contributed by atoms with van der Waals surface area (Å²) in [5.41, 5.74) is 2.04. The van der Waals surface area contributed by atoms with Crippen molar-refractivity contribution in [2.75, 3.05) is 17.7 Å². The number of aromatic amines is 1. The van der Waals surface area contributed by atoms with Crippen molar-refractivity contribution in [1.82, 2.24) is 34.6 Å². The van der Waals surface area contributed by atoms with E-state index in [0.717, 1.165) is 16.8 Å². The van der Waals surface area contributed by atoms with Crippen molar-refractivity contribution < 1.29 is 18.3 Å². The Morgan fingerprint density at radius 2 is 1.92 bits per heavy atom. The molecular formula is C22H18ClF2N9O2. The number of hydrogen-bond donors (Lipinski definition) is 3. The van der Waals surface area contributed by atoms with E-state index in [1.165, 1.54) is 30.2 Å². The Hall–Kier alpha value is -4.36. The Morgan fingerprint density at radius 1 is 1.14 bits per heavy atom. The van der Waals surface area contributed by atoms with Crippen molar-refractivity contribution in [3.8, 4) is 16.8 Å². The van der Waals surface area contributed by atoms with Gasteiger partial charge in [-0.2, -0.15) is 15.3 Å². The summed E-state index contributed by atoms with van der Waals surface area (Å²) in [6, 6.07) is 2.78. The smallest absolute Gasteiger partial charge is 0.323 e. The average Bonchev–Trinajstić information content (AvgIpc) is 3.58. The molecule has 3 N–H and O–H groups in total. The third-order valence-corrected chi connectivity index (χ3v) is 5.58. The minimum atomic E-state index is -0.921. The molecule has 0 unspecified atom stereocenters. The van der Waals surface area contributed by atoms with Gasteiger partial charge in [0.2, 0.25) is 0 Å². The van der Waals surface area contributed by atoms with Crippen LogP contribution in [0.15, 0.2) is 49.2 Å². The number of hydrogen-bond acceptors (Lipinski definition) is 6. The third-order valence-electron chi connectivity index (χ3n) is 5.40. The number of nitrogens with one attached hydrogen (secondary N) is 3. The van der Waals surface area contributed by atoms with E-state index in [1.54, 1.807) is 25.4 Å². The third kappa shape index (κ3) is 4.36. The number of aromatic nitrogens is 7. The number of benzene rings is 1. The molecule has 11 nitrogen and oxygen atoms in total. The fourth-order valence-corrected chi connectivity index (χ4v) is 3.84. The molecule has 0 radical (unpaired) electrons. The molecule has 0 fully saturated rings.